The summed E-state index contributed by atoms with van der Waals surface area (Å²) >= 11 is 0. The predicted octanol–water partition coefficient (Wildman–Crippen LogP) is 2.68. The van der Waals surface area contributed by atoms with Crippen molar-refractivity contribution in [3.05, 3.63) is 58.5 Å². The molecule has 1 aromatic carbocycles. The maximum atomic E-state index is 14.1. The highest BCUT2D eigenvalue weighted by molar-refractivity contribution is 6.12. The van der Waals surface area contributed by atoms with Crippen LogP contribution in [0.3, 0.4) is 0 Å². The molecule has 2 atom stereocenters. The number of piperazine rings is 1. The number of nitriles is 1. The number of aryl methyl sites for hydroxylation is 1. The van der Waals surface area contributed by atoms with E-state index in [9.17, 15) is 14.0 Å². The number of hydrogen-bond donors (Lipinski definition) is 0. The minimum Gasteiger partial charge on any atom is -0.333 e. The molecule has 33 heavy (non-hydrogen) atoms. The van der Waals surface area contributed by atoms with Crippen LogP contribution in [-0.4, -0.2) is 65.0 Å². The number of amides is 2. The first-order chi connectivity index (χ1) is 15.8. The number of aromatic nitrogens is 1. The molecule has 0 N–H and O–H groups in total. The molecule has 1 saturated heterocycles. The van der Waals surface area contributed by atoms with Gasteiger partial charge in [-0.05, 0) is 55.8 Å². The number of halogens is 1. The molecular weight excluding hydrogens is 423 g/mol. The van der Waals surface area contributed by atoms with Gasteiger partial charge in [-0.3, -0.25) is 14.5 Å². The molecule has 2 aromatic rings. The molecule has 0 bridgehead atoms. The Bertz CT molecular complexity index is 1160. The lowest BCUT2D eigenvalue weighted by Gasteiger charge is -2.39. The second-order valence-corrected chi connectivity index (χ2v) is 8.34. The Morgan fingerprint density at radius 3 is 2.73 bits per heavy atom. The van der Waals surface area contributed by atoms with E-state index in [0.29, 0.717) is 23.2 Å². The summed E-state index contributed by atoms with van der Waals surface area (Å²) in [6.45, 7) is 9.16. The van der Waals surface area contributed by atoms with Crippen LogP contribution in [-0.2, 0) is 4.79 Å². The van der Waals surface area contributed by atoms with Gasteiger partial charge in [0.15, 0.2) is 5.82 Å². The maximum Gasteiger partial charge on any atom is 0.261 e. The lowest BCUT2D eigenvalue weighted by molar-refractivity contribution is -0.118. The minimum absolute atomic E-state index is 0.0668. The predicted molar refractivity (Wildman–Crippen MR) is 121 cm³/mol. The first kappa shape index (κ1) is 22.6. The topological polar surface area (TPSA) is 92.9 Å². The molecule has 0 radical (unpaired) electrons. The third kappa shape index (κ3) is 4.22. The van der Waals surface area contributed by atoms with E-state index in [0.717, 1.165) is 24.6 Å². The SMILES string of the molecule is CCN1CCN(C(=O)c2ccc(N3N=CC(c4cc(F)c(C#N)cc4C)C3=O)nc2)C(C)C1. The van der Waals surface area contributed by atoms with E-state index >= 15 is 0 Å². The van der Waals surface area contributed by atoms with Gasteiger partial charge in [0.1, 0.15) is 17.8 Å². The van der Waals surface area contributed by atoms with Crippen molar-refractivity contribution in [1.29, 1.82) is 5.26 Å². The molecule has 1 fully saturated rings. The van der Waals surface area contributed by atoms with E-state index in [1.54, 1.807) is 25.1 Å². The molecule has 1 aromatic heterocycles. The van der Waals surface area contributed by atoms with Crippen molar-refractivity contribution in [3.63, 3.8) is 0 Å². The largest absolute Gasteiger partial charge is 0.333 e. The van der Waals surface area contributed by atoms with Gasteiger partial charge in [0.25, 0.3) is 11.8 Å². The van der Waals surface area contributed by atoms with Crippen LogP contribution in [0.25, 0.3) is 0 Å². The van der Waals surface area contributed by atoms with Gasteiger partial charge in [-0.1, -0.05) is 6.92 Å². The summed E-state index contributed by atoms with van der Waals surface area (Å²) in [4.78, 5) is 34.4. The van der Waals surface area contributed by atoms with Crippen LogP contribution in [0.5, 0.6) is 0 Å². The molecule has 2 amide bonds. The number of carbonyl (C=O) groups is 2. The standard InChI is InChI=1S/C24H25FN6O2/c1-4-29-7-8-30(16(3)14-29)23(32)17-5-6-22(27-12-17)31-24(33)20(13-28-31)19-10-21(25)18(11-26)9-15(19)2/h5-6,9-10,12-13,16,20H,4,7-8,14H2,1-3H3. The number of hydrogen-bond acceptors (Lipinski definition) is 6. The first-order valence-electron chi connectivity index (χ1n) is 10.9. The fourth-order valence-corrected chi connectivity index (χ4v) is 4.31. The summed E-state index contributed by atoms with van der Waals surface area (Å²) in [6, 6.07) is 7.77. The highest BCUT2D eigenvalue weighted by atomic mass is 19.1. The Balaban J connectivity index is 1.49. The van der Waals surface area contributed by atoms with Gasteiger partial charge in [-0.15, -0.1) is 0 Å². The average molecular weight is 449 g/mol. The van der Waals surface area contributed by atoms with Crippen LogP contribution >= 0.6 is 0 Å². The summed E-state index contributed by atoms with van der Waals surface area (Å²) < 4.78 is 14.1. The number of anilines is 1. The normalized spacial score (nSPS) is 20.9. The maximum absolute atomic E-state index is 14.1. The third-order valence-corrected chi connectivity index (χ3v) is 6.25. The second kappa shape index (κ2) is 9.08. The Morgan fingerprint density at radius 2 is 2.09 bits per heavy atom. The second-order valence-electron chi connectivity index (χ2n) is 8.34. The molecule has 2 aliphatic heterocycles. The molecule has 0 spiro atoms. The molecule has 0 saturated carbocycles. The van der Waals surface area contributed by atoms with E-state index in [2.05, 4.69) is 21.9 Å². The van der Waals surface area contributed by atoms with Gasteiger partial charge in [0.05, 0.1) is 11.1 Å². The number of carbonyl (C=O) groups excluding carboxylic acids is 2. The summed E-state index contributed by atoms with van der Waals surface area (Å²) in [5.74, 6) is -1.63. The van der Waals surface area contributed by atoms with Crippen LogP contribution in [0, 0.1) is 24.1 Å². The van der Waals surface area contributed by atoms with Crippen molar-refractivity contribution < 1.29 is 14.0 Å². The van der Waals surface area contributed by atoms with Gasteiger partial charge in [-0.25, -0.2) is 9.37 Å². The zero-order chi connectivity index (χ0) is 23.7. The monoisotopic (exact) mass is 448 g/mol. The Hall–Kier alpha value is -3.64. The number of rotatable bonds is 4. The van der Waals surface area contributed by atoms with Gasteiger partial charge in [0.2, 0.25) is 0 Å². The summed E-state index contributed by atoms with van der Waals surface area (Å²) in [5, 5.41) is 14.3. The summed E-state index contributed by atoms with van der Waals surface area (Å²) in [5.41, 5.74) is 1.47. The lowest BCUT2D eigenvalue weighted by Crippen LogP contribution is -2.53. The van der Waals surface area contributed by atoms with E-state index in [1.165, 1.54) is 24.5 Å². The van der Waals surface area contributed by atoms with Gasteiger partial charge in [0, 0.05) is 38.1 Å². The van der Waals surface area contributed by atoms with Crippen molar-refractivity contribution >= 4 is 23.8 Å². The summed E-state index contributed by atoms with van der Waals surface area (Å²) in [7, 11) is 0. The molecule has 4 rings (SSSR count). The van der Waals surface area contributed by atoms with Crippen LogP contribution in [0.4, 0.5) is 10.2 Å². The third-order valence-electron chi connectivity index (χ3n) is 6.25. The van der Waals surface area contributed by atoms with Crippen LogP contribution in [0.15, 0.2) is 35.6 Å². The molecule has 8 nitrogen and oxygen atoms in total. The van der Waals surface area contributed by atoms with Crippen molar-refractivity contribution in [2.45, 2.75) is 32.7 Å². The number of nitrogens with zero attached hydrogens (tertiary/aromatic N) is 6. The Morgan fingerprint density at radius 1 is 1.30 bits per heavy atom. The average Bonchev–Trinajstić information content (AvgIpc) is 3.20. The zero-order valence-corrected chi connectivity index (χ0v) is 18.8. The van der Waals surface area contributed by atoms with Gasteiger partial charge < -0.3 is 4.90 Å². The van der Waals surface area contributed by atoms with Crippen molar-refractivity contribution in [1.82, 2.24) is 14.8 Å². The van der Waals surface area contributed by atoms with Crippen LogP contribution in [0.2, 0.25) is 0 Å². The highest BCUT2D eigenvalue weighted by Crippen LogP contribution is 2.29. The number of benzene rings is 1. The van der Waals surface area contributed by atoms with Gasteiger partial charge in [-0.2, -0.15) is 15.4 Å². The fourth-order valence-electron chi connectivity index (χ4n) is 4.31. The molecule has 170 valence electrons. The zero-order valence-electron chi connectivity index (χ0n) is 18.8. The molecule has 9 heteroatoms. The van der Waals surface area contributed by atoms with E-state index < -0.39 is 11.7 Å². The molecule has 3 heterocycles. The Kier molecular flexibility index (Phi) is 6.20. The van der Waals surface area contributed by atoms with E-state index in [-0.39, 0.29) is 29.2 Å². The number of pyridine rings is 1. The molecule has 2 unspecified atom stereocenters. The van der Waals surface area contributed by atoms with E-state index in [1.807, 2.05) is 11.8 Å². The van der Waals surface area contributed by atoms with Gasteiger partial charge >= 0.3 is 0 Å². The molecule has 0 aliphatic carbocycles. The lowest BCUT2D eigenvalue weighted by atomic mass is 9.93. The quantitative estimate of drug-likeness (QED) is 0.717. The van der Waals surface area contributed by atoms with Crippen LogP contribution < -0.4 is 5.01 Å². The highest BCUT2D eigenvalue weighted by Gasteiger charge is 2.34. The minimum atomic E-state index is -0.772. The molecule has 2 aliphatic rings. The van der Waals surface area contributed by atoms with Crippen molar-refractivity contribution in [2.24, 2.45) is 5.10 Å². The fraction of sp³-hybridized carbons (Fsp3) is 0.375. The van der Waals surface area contributed by atoms with E-state index in [4.69, 9.17) is 5.26 Å². The Labute approximate surface area is 191 Å². The summed E-state index contributed by atoms with van der Waals surface area (Å²) in [6.07, 6.45) is 2.89. The van der Waals surface area contributed by atoms with Crippen molar-refractivity contribution in [3.8, 4) is 6.07 Å². The smallest absolute Gasteiger partial charge is 0.261 e. The first-order valence-corrected chi connectivity index (χ1v) is 10.9. The molecular formula is C24H25FN6O2. The van der Waals surface area contributed by atoms with Crippen LogP contribution in [0.1, 0.15) is 46.8 Å². The number of likely N-dealkylation sites (N-methyl/N-ethyl adjacent to an activating group) is 1. The van der Waals surface area contributed by atoms with Crippen molar-refractivity contribution in [2.75, 3.05) is 31.2 Å². The number of hydrazone groups is 1.